The molecular weight excluding hydrogens is 374 g/mol. The predicted octanol–water partition coefficient (Wildman–Crippen LogP) is 3.82. The zero-order valence-corrected chi connectivity index (χ0v) is 15.4. The number of tetrazole rings is 1. The van der Waals surface area contributed by atoms with E-state index in [0.29, 0.717) is 22.6 Å². The summed E-state index contributed by atoms with van der Waals surface area (Å²) < 4.78 is 12.3. The van der Waals surface area contributed by atoms with Crippen LogP contribution in [0.15, 0.2) is 52.2 Å². The molecule has 0 bridgehead atoms. The van der Waals surface area contributed by atoms with Gasteiger partial charge in [-0.15, -0.1) is 5.10 Å². The largest absolute Gasteiger partial charge is 0.497 e. The van der Waals surface area contributed by atoms with Crippen molar-refractivity contribution >= 4 is 34.3 Å². The summed E-state index contributed by atoms with van der Waals surface area (Å²) >= 11 is 7.85. The molecule has 0 N–H and O–H groups in total. The number of pyridine rings is 1. The van der Waals surface area contributed by atoms with Crippen molar-refractivity contribution in [2.45, 2.75) is 17.5 Å². The minimum Gasteiger partial charge on any atom is -0.497 e. The Morgan fingerprint density at radius 1 is 1.27 bits per heavy atom. The maximum absolute atomic E-state index is 6.36. The standard InChI is InChI=1S/C17H14ClN5O2S/c1-24-13-5-4-11-7-12(16(18)19-15(11)8-13)10-26-17-20-21-22-23(17)9-14-3-2-6-25-14/h2-8H,9-10H2,1H3. The molecule has 0 aliphatic carbocycles. The molecule has 0 saturated heterocycles. The molecular formula is C17H14ClN5O2S. The van der Waals surface area contributed by atoms with Crippen molar-refractivity contribution in [3.8, 4) is 5.75 Å². The summed E-state index contributed by atoms with van der Waals surface area (Å²) in [6.07, 6.45) is 1.63. The zero-order valence-electron chi connectivity index (χ0n) is 13.8. The normalized spacial score (nSPS) is 11.2. The molecule has 0 unspecified atom stereocenters. The van der Waals surface area contributed by atoms with Crippen molar-refractivity contribution in [3.05, 3.63) is 59.1 Å². The van der Waals surface area contributed by atoms with Gasteiger partial charge in [0.25, 0.3) is 0 Å². The molecule has 0 aliphatic rings. The van der Waals surface area contributed by atoms with Crippen molar-refractivity contribution in [1.29, 1.82) is 0 Å². The van der Waals surface area contributed by atoms with E-state index in [2.05, 4.69) is 20.5 Å². The van der Waals surface area contributed by atoms with Crippen molar-refractivity contribution < 1.29 is 9.15 Å². The molecule has 0 amide bonds. The maximum Gasteiger partial charge on any atom is 0.210 e. The number of thioether (sulfide) groups is 1. The summed E-state index contributed by atoms with van der Waals surface area (Å²) in [6.45, 7) is 0.478. The first-order valence-electron chi connectivity index (χ1n) is 7.77. The van der Waals surface area contributed by atoms with Gasteiger partial charge < -0.3 is 9.15 Å². The lowest BCUT2D eigenvalue weighted by atomic mass is 10.1. The third kappa shape index (κ3) is 3.51. The SMILES string of the molecule is COc1ccc2cc(CSc3nnnn3Cc3ccco3)c(Cl)nc2c1. The monoisotopic (exact) mass is 387 g/mol. The Kier molecular flexibility index (Phi) is 4.77. The second-order valence-electron chi connectivity index (χ2n) is 5.48. The second kappa shape index (κ2) is 7.35. The van der Waals surface area contributed by atoms with Crippen LogP contribution < -0.4 is 4.74 Å². The van der Waals surface area contributed by atoms with E-state index in [1.165, 1.54) is 11.8 Å². The van der Waals surface area contributed by atoms with E-state index in [1.54, 1.807) is 18.1 Å². The van der Waals surface area contributed by atoms with Crippen LogP contribution in [0, 0.1) is 0 Å². The average Bonchev–Trinajstić information content (AvgIpc) is 3.32. The fourth-order valence-corrected chi connectivity index (χ4v) is 3.63. The number of hydrogen-bond acceptors (Lipinski definition) is 7. The van der Waals surface area contributed by atoms with Crippen LogP contribution in [0.4, 0.5) is 0 Å². The molecule has 1 aromatic carbocycles. The van der Waals surface area contributed by atoms with Gasteiger partial charge in [0, 0.05) is 22.8 Å². The summed E-state index contributed by atoms with van der Waals surface area (Å²) in [7, 11) is 1.63. The topological polar surface area (TPSA) is 78.9 Å². The van der Waals surface area contributed by atoms with E-state index >= 15 is 0 Å². The molecule has 0 fully saturated rings. The van der Waals surface area contributed by atoms with Crippen molar-refractivity contribution in [2.75, 3.05) is 7.11 Å². The highest BCUT2D eigenvalue weighted by molar-refractivity contribution is 7.98. The van der Waals surface area contributed by atoms with Crippen molar-refractivity contribution in [2.24, 2.45) is 0 Å². The van der Waals surface area contributed by atoms with Crippen molar-refractivity contribution in [1.82, 2.24) is 25.2 Å². The van der Waals surface area contributed by atoms with Crippen LogP contribution in [0.1, 0.15) is 11.3 Å². The molecule has 3 aromatic heterocycles. The first-order chi connectivity index (χ1) is 12.7. The molecule has 4 rings (SSSR count). The van der Waals surface area contributed by atoms with Gasteiger partial charge in [-0.3, -0.25) is 0 Å². The van der Waals surface area contributed by atoms with Gasteiger partial charge >= 0.3 is 0 Å². The van der Waals surface area contributed by atoms with Crippen LogP contribution in [0.3, 0.4) is 0 Å². The van der Waals surface area contributed by atoms with Crippen LogP contribution >= 0.6 is 23.4 Å². The zero-order chi connectivity index (χ0) is 17.9. The van der Waals surface area contributed by atoms with Gasteiger partial charge in [-0.2, -0.15) is 0 Å². The van der Waals surface area contributed by atoms with Gasteiger partial charge in [0.2, 0.25) is 5.16 Å². The van der Waals surface area contributed by atoms with Gasteiger partial charge in [0.1, 0.15) is 23.2 Å². The minimum atomic E-state index is 0.461. The lowest BCUT2D eigenvalue weighted by Gasteiger charge is -2.07. The highest BCUT2D eigenvalue weighted by Gasteiger charge is 2.12. The Labute approximate surface area is 158 Å². The number of benzene rings is 1. The first kappa shape index (κ1) is 16.9. The number of hydrogen-bond donors (Lipinski definition) is 0. The van der Waals surface area contributed by atoms with Crippen LogP contribution in [-0.4, -0.2) is 32.3 Å². The third-order valence-electron chi connectivity index (χ3n) is 3.79. The fourth-order valence-electron chi connectivity index (χ4n) is 2.49. The minimum absolute atomic E-state index is 0.461. The number of ether oxygens (including phenoxy) is 1. The molecule has 0 radical (unpaired) electrons. The molecule has 0 spiro atoms. The summed E-state index contributed by atoms with van der Waals surface area (Å²) in [5.74, 6) is 2.14. The average molecular weight is 388 g/mol. The van der Waals surface area contributed by atoms with Crippen molar-refractivity contribution in [3.63, 3.8) is 0 Å². The number of rotatable bonds is 6. The number of halogens is 1. The highest BCUT2D eigenvalue weighted by Crippen LogP contribution is 2.28. The van der Waals surface area contributed by atoms with Gasteiger partial charge in [0.15, 0.2) is 0 Å². The number of fused-ring (bicyclic) bond motifs is 1. The first-order valence-corrected chi connectivity index (χ1v) is 9.14. The van der Waals surface area contributed by atoms with Crippen LogP contribution in [-0.2, 0) is 12.3 Å². The van der Waals surface area contributed by atoms with Crippen LogP contribution in [0.2, 0.25) is 5.15 Å². The molecule has 0 atom stereocenters. The van der Waals surface area contributed by atoms with Crippen LogP contribution in [0.5, 0.6) is 5.75 Å². The summed E-state index contributed by atoms with van der Waals surface area (Å²) in [5.41, 5.74) is 1.72. The number of methoxy groups -OCH3 is 1. The Hall–Kier alpha value is -2.58. The molecule has 132 valence electrons. The van der Waals surface area contributed by atoms with E-state index < -0.39 is 0 Å². The Bertz CT molecular complexity index is 1040. The summed E-state index contributed by atoms with van der Waals surface area (Å²) in [6, 6.07) is 11.5. The van der Waals surface area contributed by atoms with E-state index in [-0.39, 0.29) is 0 Å². The number of nitrogens with zero attached hydrogens (tertiary/aromatic N) is 5. The van der Waals surface area contributed by atoms with Gasteiger partial charge in [-0.1, -0.05) is 23.4 Å². The number of furan rings is 1. The van der Waals surface area contributed by atoms with E-state index in [4.69, 9.17) is 20.8 Å². The molecule has 0 aliphatic heterocycles. The second-order valence-corrected chi connectivity index (χ2v) is 6.78. The summed E-state index contributed by atoms with van der Waals surface area (Å²) in [5, 5.41) is 14.0. The predicted molar refractivity (Wildman–Crippen MR) is 98.5 cm³/mol. The lowest BCUT2D eigenvalue weighted by molar-refractivity contribution is 0.415. The quantitative estimate of drug-likeness (QED) is 0.367. The third-order valence-corrected chi connectivity index (χ3v) is 5.13. The molecule has 26 heavy (non-hydrogen) atoms. The molecule has 4 aromatic rings. The number of aromatic nitrogens is 5. The highest BCUT2D eigenvalue weighted by atomic mass is 35.5. The van der Waals surface area contributed by atoms with E-state index in [0.717, 1.165) is 28.0 Å². The molecule has 7 nitrogen and oxygen atoms in total. The lowest BCUT2D eigenvalue weighted by Crippen LogP contribution is -2.03. The Balaban J connectivity index is 1.53. The van der Waals surface area contributed by atoms with Gasteiger partial charge in [-0.05, 0) is 40.8 Å². The van der Waals surface area contributed by atoms with Gasteiger partial charge in [0.05, 0.1) is 18.9 Å². The van der Waals surface area contributed by atoms with E-state index in [9.17, 15) is 0 Å². The molecule has 3 heterocycles. The molecule has 0 saturated carbocycles. The van der Waals surface area contributed by atoms with Gasteiger partial charge in [-0.25, -0.2) is 9.67 Å². The molecule has 9 heteroatoms. The van der Waals surface area contributed by atoms with Crippen LogP contribution in [0.25, 0.3) is 10.9 Å². The Morgan fingerprint density at radius 2 is 2.19 bits per heavy atom. The van der Waals surface area contributed by atoms with E-state index in [1.807, 2.05) is 36.4 Å². The fraction of sp³-hybridized carbons (Fsp3) is 0.176. The summed E-state index contributed by atoms with van der Waals surface area (Å²) in [4.78, 5) is 4.47. The Morgan fingerprint density at radius 3 is 3.00 bits per heavy atom. The smallest absolute Gasteiger partial charge is 0.210 e. The maximum atomic E-state index is 6.36.